The van der Waals surface area contributed by atoms with Crippen molar-refractivity contribution < 1.29 is 47.1 Å². The van der Waals surface area contributed by atoms with Crippen LogP contribution in [0.4, 0.5) is 0 Å². The number of hydrogen-bond acceptors (Lipinski definition) is 6. The summed E-state index contributed by atoms with van der Waals surface area (Å²) in [6.45, 7) is 5.40. The number of aryl methyl sites for hydroxylation is 2. The standard InChI is InChI=1S/2C30H32N2O2S.6ClH.2Ru/c2*1-24-19-21-28(22-20-24)35(33,34)32-30(27-17-9-4-10-18-27)29(26-15-7-3-8-16-26)31-23-11-14-25-12-5-2-6-13-25;;;;;;;;/h2*2-10,12-13,15-22,29-32H,11,14,23H2,1H3;6*1H;;/q;;;;;;;;2*+2/p-4/t2*29-,30-;;;;;;;;/m11......../s1. The summed E-state index contributed by atoms with van der Waals surface area (Å²) in [6, 6.07) is 52.1. The zero-order valence-electron chi connectivity index (χ0n) is 43.0. The van der Waals surface area contributed by atoms with Crippen LogP contribution >= 0.6 is 63.6 Å². The molecule has 0 amide bonds. The first-order chi connectivity index (χ1) is 36.9. The van der Waals surface area contributed by atoms with Crippen LogP contribution in [0.1, 0.15) is 83.2 Å². The number of benzene rings is 6. The molecular weight excluding hydrogens is 1320 g/mol. The van der Waals surface area contributed by atoms with Crippen molar-refractivity contribution >= 4 is 83.6 Å². The Hall–Kier alpha value is -1.95. The molecular formula is C60H66Cl6N4O4Ru2S2. The van der Waals surface area contributed by atoms with Crippen LogP contribution in [0.5, 0.6) is 0 Å². The van der Waals surface area contributed by atoms with Gasteiger partial charge in [0.15, 0.2) is 0 Å². The van der Waals surface area contributed by atoms with Gasteiger partial charge in [0.2, 0.25) is 20.0 Å². The Morgan fingerprint density at radius 3 is 0.910 bits per heavy atom. The van der Waals surface area contributed by atoms with Crippen LogP contribution in [-0.2, 0) is 50.3 Å². The topological polar surface area (TPSA) is 116 Å². The van der Waals surface area contributed by atoms with Crippen molar-refractivity contribution in [2.45, 2.75) is 73.5 Å². The molecule has 6 aromatic carbocycles. The summed E-state index contributed by atoms with van der Waals surface area (Å²) in [5.74, 6) is 2.59. The fourth-order valence-electron chi connectivity index (χ4n) is 8.45. The zero-order valence-corrected chi connectivity index (χ0v) is 52.7. The van der Waals surface area contributed by atoms with Gasteiger partial charge in [-0.05, 0) is 175 Å². The van der Waals surface area contributed by atoms with Gasteiger partial charge in [-0.2, -0.15) is 0 Å². The van der Waals surface area contributed by atoms with Gasteiger partial charge in [-0.15, -0.1) is 24.8 Å². The molecule has 8 nitrogen and oxygen atoms in total. The van der Waals surface area contributed by atoms with E-state index in [0.717, 1.165) is 72.2 Å². The maximum absolute atomic E-state index is 13.4. The van der Waals surface area contributed by atoms with Crippen LogP contribution in [0.25, 0.3) is 0 Å². The van der Waals surface area contributed by atoms with Crippen molar-refractivity contribution in [3.63, 3.8) is 0 Å². The average Bonchev–Trinajstić information content (AvgIpc) is 3.44. The van der Waals surface area contributed by atoms with Crippen LogP contribution in [0.3, 0.4) is 0 Å². The minimum atomic E-state index is -3.74. The molecule has 78 heavy (non-hydrogen) atoms. The molecule has 6 aromatic rings. The second-order valence-corrected chi connectivity index (χ2v) is 26.3. The average molecular weight is 1390 g/mol. The zero-order chi connectivity index (χ0) is 54.4. The summed E-state index contributed by atoms with van der Waals surface area (Å²) in [5.41, 5.74) is 5.93. The molecule has 8 rings (SSSR count). The van der Waals surface area contributed by atoms with E-state index in [1.807, 2.05) is 172 Å². The number of sulfonamides is 2. The summed E-state index contributed by atoms with van der Waals surface area (Å²) in [5, 5.41) is 7.32. The Labute approximate surface area is 511 Å². The predicted octanol–water partition coefficient (Wildman–Crippen LogP) is 15.1. The molecule has 0 aromatic heterocycles. The summed E-state index contributed by atoms with van der Waals surface area (Å²) < 4.78 is 59.8. The molecule has 0 aliphatic heterocycles. The van der Waals surface area contributed by atoms with E-state index in [0.29, 0.717) is 0 Å². The number of hydrogen-bond donors (Lipinski definition) is 4. The predicted molar refractivity (Wildman–Crippen MR) is 322 cm³/mol. The quantitative estimate of drug-likeness (QED) is 0.0397. The van der Waals surface area contributed by atoms with Gasteiger partial charge in [-0.1, -0.05) is 157 Å². The van der Waals surface area contributed by atoms with E-state index < -0.39 is 32.1 Å². The van der Waals surface area contributed by atoms with Crippen molar-refractivity contribution in [3.8, 4) is 0 Å². The van der Waals surface area contributed by atoms with E-state index in [1.165, 1.54) is 11.8 Å². The summed E-state index contributed by atoms with van der Waals surface area (Å²) in [4.78, 5) is 0.528. The molecule has 2 fully saturated rings. The van der Waals surface area contributed by atoms with Crippen molar-refractivity contribution in [3.05, 3.63) is 279 Å². The van der Waals surface area contributed by atoms with Gasteiger partial charge in [-0.3, -0.25) is 0 Å². The van der Waals surface area contributed by atoms with E-state index in [4.69, 9.17) is 38.8 Å². The van der Waals surface area contributed by atoms with Gasteiger partial charge in [0.25, 0.3) is 0 Å². The third-order valence-corrected chi connectivity index (χ3v) is 15.1. The van der Waals surface area contributed by atoms with Gasteiger partial charge in [-0.25, -0.2) is 26.3 Å². The first-order valence-electron chi connectivity index (χ1n) is 24.5. The van der Waals surface area contributed by atoms with E-state index in [2.05, 4.69) is 71.4 Å². The Kier molecular flexibility index (Phi) is 35.6. The molecule has 0 bridgehead atoms. The van der Waals surface area contributed by atoms with Crippen LogP contribution in [0, 0.1) is 89.9 Å². The Morgan fingerprint density at radius 1 is 0.385 bits per heavy atom. The first-order valence-corrected chi connectivity index (χ1v) is 36.4. The Balaban J connectivity index is 0.000000364. The van der Waals surface area contributed by atoms with Crippen molar-refractivity contribution in [1.29, 1.82) is 0 Å². The van der Waals surface area contributed by atoms with Crippen LogP contribution in [-0.4, -0.2) is 29.9 Å². The Morgan fingerprint density at radius 2 is 0.641 bits per heavy atom. The molecule has 12 radical (unpaired) electrons. The van der Waals surface area contributed by atoms with Crippen molar-refractivity contribution in [2.75, 3.05) is 13.1 Å². The first kappa shape index (κ1) is 70.3. The monoisotopic (exact) mass is 1380 g/mol. The van der Waals surface area contributed by atoms with Gasteiger partial charge in [0.05, 0.1) is 34.0 Å². The van der Waals surface area contributed by atoms with E-state index in [1.54, 1.807) is 24.3 Å². The maximum atomic E-state index is 13.4. The SMILES string of the molecule is Cc1ccc(S(=O)(=O)N[C@H](c2ccccc2)[C@H](NCCC[C]2[CH][CH][CH][CH][CH]2)c2ccccc2)cc1.Cc1ccc(S(=O)(=O)N[C@H](c2ccccc2)[C@H](NCCC[C]2[CH][CH][CH][CH][CH]2)c2ccccc2)cc1.Cl.Cl.[Cl][Ru][Cl].[Cl][Ru][Cl]. The third-order valence-electron chi connectivity index (χ3n) is 12.2. The number of halogens is 6. The third kappa shape index (κ3) is 24.9. The number of rotatable bonds is 22. The fraction of sp³-hybridized carbons (Fsp3) is 0.200. The van der Waals surface area contributed by atoms with Gasteiger partial charge in [0.1, 0.15) is 0 Å². The van der Waals surface area contributed by atoms with E-state index >= 15 is 0 Å². The molecule has 420 valence electrons. The van der Waals surface area contributed by atoms with Gasteiger partial charge < -0.3 is 10.6 Å². The molecule has 0 saturated heterocycles. The summed E-state index contributed by atoms with van der Waals surface area (Å²) in [7, 11) is 11.9. The molecule has 2 saturated carbocycles. The van der Waals surface area contributed by atoms with E-state index in [9.17, 15) is 16.8 Å². The molecule has 4 atom stereocenters. The molecule has 0 heterocycles. The van der Waals surface area contributed by atoms with Gasteiger partial charge >= 0.3 is 69.1 Å². The number of nitrogens with one attached hydrogen (secondary N) is 4. The molecule has 2 aliphatic carbocycles. The second-order valence-electron chi connectivity index (χ2n) is 17.6. The Bertz CT molecular complexity index is 2520. The van der Waals surface area contributed by atoms with Crippen molar-refractivity contribution in [2.24, 2.45) is 0 Å². The normalized spacial score (nSPS) is 15.5. The summed E-state index contributed by atoms with van der Waals surface area (Å²) in [6.07, 6.45) is 24.6. The molecule has 2 aliphatic rings. The molecule has 0 unspecified atom stereocenters. The molecule has 0 spiro atoms. The van der Waals surface area contributed by atoms with Gasteiger partial charge in [0, 0.05) is 0 Å². The minimum absolute atomic E-state index is 0. The van der Waals surface area contributed by atoms with Crippen LogP contribution < -0.4 is 20.1 Å². The molecule has 18 heteroatoms. The van der Waals surface area contributed by atoms with Crippen LogP contribution in [0.2, 0.25) is 0 Å². The van der Waals surface area contributed by atoms with Crippen LogP contribution in [0.15, 0.2) is 180 Å². The summed E-state index contributed by atoms with van der Waals surface area (Å²) >= 11 is -0.691. The van der Waals surface area contributed by atoms with Crippen molar-refractivity contribution in [1.82, 2.24) is 20.1 Å². The van der Waals surface area contributed by atoms with E-state index in [-0.39, 0.29) is 77.0 Å². The fourth-order valence-corrected chi connectivity index (χ4v) is 10.9. The molecule has 4 N–H and O–H groups in total. The second kappa shape index (κ2) is 39.5.